The molecule has 5 atom stereocenters. The van der Waals surface area contributed by atoms with Gasteiger partial charge in [0.25, 0.3) is 5.91 Å². The Hall–Kier alpha value is -2.17. The van der Waals surface area contributed by atoms with Crippen LogP contribution in [0.5, 0.6) is 5.75 Å². The van der Waals surface area contributed by atoms with Crippen LogP contribution in [-0.2, 0) is 24.3 Å². The molecule has 3 rings (SSSR count). The summed E-state index contributed by atoms with van der Waals surface area (Å²) in [6.45, 7) is 11.0. The quantitative estimate of drug-likeness (QED) is 0.558. The lowest BCUT2D eigenvalue weighted by molar-refractivity contribution is -0.151. The Morgan fingerprint density at radius 3 is 2.18 bits per heavy atom. The number of nitrogens with zero attached hydrogens (tertiary/aromatic N) is 2. The Balaban J connectivity index is 1.79. The number of amides is 1. The van der Waals surface area contributed by atoms with Gasteiger partial charge in [0.2, 0.25) is 10.0 Å². The van der Waals surface area contributed by atoms with Crippen molar-refractivity contribution in [2.24, 2.45) is 11.8 Å². The van der Waals surface area contributed by atoms with Crippen LogP contribution in [0.15, 0.2) is 23.1 Å². The van der Waals surface area contributed by atoms with Crippen LogP contribution in [0, 0.1) is 11.8 Å². The molecule has 2 aliphatic rings. The molecule has 0 aliphatic carbocycles. The summed E-state index contributed by atoms with van der Waals surface area (Å²) in [5.74, 6) is -0.462. The molecular weight excluding hydrogens is 460 g/mol. The highest BCUT2D eigenvalue weighted by molar-refractivity contribution is 7.89. The normalized spacial score (nSPS) is 27.2. The van der Waals surface area contributed by atoms with Crippen molar-refractivity contribution in [1.82, 2.24) is 9.21 Å². The molecule has 0 spiro atoms. The second kappa shape index (κ2) is 10.6. The third-order valence-electron chi connectivity index (χ3n) is 6.22. The first-order valence-electron chi connectivity index (χ1n) is 11.8. The minimum atomic E-state index is -3.89. The minimum absolute atomic E-state index is 0.0424. The van der Waals surface area contributed by atoms with Gasteiger partial charge in [0.15, 0.2) is 6.10 Å². The van der Waals surface area contributed by atoms with E-state index >= 15 is 0 Å². The predicted octanol–water partition coefficient (Wildman–Crippen LogP) is 2.54. The number of benzene rings is 1. The van der Waals surface area contributed by atoms with Crippen LogP contribution in [0.4, 0.5) is 0 Å². The summed E-state index contributed by atoms with van der Waals surface area (Å²) in [5.41, 5.74) is 0.0424. The van der Waals surface area contributed by atoms with Crippen molar-refractivity contribution in [2.75, 3.05) is 33.3 Å². The lowest BCUT2D eigenvalue weighted by Gasteiger charge is -2.36. The van der Waals surface area contributed by atoms with E-state index in [0.29, 0.717) is 26.2 Å². The van der Waals surface area contributed by atoms with Crippen molar-refractivity contribution in [3.8, 4) is 5.75 Å². The van der Waals surface area contributed by atoms with E-state index in [0.717, 1.165) is 6.42 Å². The van der Waals surface area contributed by atoms with E-state index in [1.807, 2.05) is 27.7 Å². The zero-order chi connectivity index (χ0) is 25.2. The molecule has 2 heterocycles. The van der Waals surface area contributed by atoms with Crippen molar-refractivity contribution in [3.05, 3.63) is 23.8 Å². The van der Waals surface area contributed by atoms with E-state index in [4.69, 9.17) is 14.2 Å². The Kier molecular flexibility index (Phi) is 8.26. The highest BCUT2D eigenvalue weighted by Crippen LogP contribution is 2.32. The van der Waals surface area contributed by atoms with Crippen molar-refractivity contribution < 1.29 is 32.2 Å². The molecular formula is C24H36N2O7S. The molecule has 0 aromatic heterocycles. The zero-order valence-corrected chi connectivity index (χ0v) is 21.6. The van der Waals surface area contributed by atoms with E-state index in [9.17, 15) is 18.0 Å². The van der Waals surface area contributed by atoms with Gasteiger partial charge >= 0.3 is 5.97 Å². The van der Waals surface area contributed by atoms with Crippen LogP contribution in [-0.4, -0.2) is 81.1 Å². The van der Waals surface area contributed by atoms with E-state index < -0.39 is 22.1 Å². The van der Waals surface area contributed by atoms with Gasteiger partial charge in [-0.25, -0.2) is 13.2 Å². The lowest BCUT2D eigenvalue weighted by atomic mass is 9.94. The molecule has 1 aromatic carbocycles. The van der Waals surface area contributed by atoms with Crippen LogP contribution in [0.25, 0.3) is 0 Å². The number of esters is 1. The second-order valence-electron chi connectivity index (χ2n) is 9.68. The maximum Gasteiger partial charge on any atom is 0.338 e. The van der Waals surface area contributed by atoms with Crippen LogP contribution >= 0.6 is 0 Å². The third-order valence-corrected chi connectivity index (χ3v) is 8.07. The number of ether oxygens (including phenoxy) is 3. The smallest absolute Gasteiger partial charge is 0.338 e. The van der Waals surface area contributed by atoms with Crippen LogP contribution in [0.3, 0.4) is 0 Å². The van der Waals surface area contributed by atoms with Crippen LogP contribution in [0.1, 0.15) is 51.4 Å². The van der Waals surface area contributed by atoms with Gasteiger partial charge in [-0.3, -0.25) is 4.79 Å². The van der Waals surface area contributed by atoms with Crippen LogP contribution in [0.2, 0.25) is 0 Å². The summed E-state index contributed by atoms with van der Waals surface area (Å²) in [5, 5.41) is 0. The molecule has 34 heavy (non-hydrogen) atoms. The fraction of sp³-hybridized carbons (Fsp3) is 0.667. The monoisotopic (exact) mass is 496 g/mol. The maximum atomic E-state index is 13.5. The average molecular weight is 497 g/mol. The number of carbonyl (C=O) groups is 2. The largest absolute Gasteiger partial charge is 0.495 e. The molecule has 1 amide bonds. The Labute approximate surface area is 202 Å². The fourth-order valence-corrected chi connectivity index (χ4v) is 6.70. The first kappa shape index (κ1) is 26.4. The molecule has 0 bridgehead atoms. The molecule has 10 heteroatoms. The third kappa shape index (κ3) is 5.90. The second-order valence-corrected chi connectivity index (χ2v) is 11.6. The van der Waals surface area contributed by atoms with E-state index in [2.05, 4.69) is 0 Å². The van der Waals surface area contributed by atoms with Gasteiger partial charge in [-0.1, -0.05) is 13.8 Å². The zero-order valence-electron chi connectivity index (χ0n) is 20.8. The summed E-state index contributed by atoms with van der Waals surface area (Å²) < 4.78 is 44.7. The van der Waals surface area contributed by atoms with E-state index in [-0.39, 0.29) is 46.2 Å². The van der Waals surface area contributed by atoms with Gasteiger partial charge in [0.1, 0.15) is 10.6 Å². The molecule has 2 fully saturated rings. The van der Waals surface area contributed by atoms with Gasteiger partial charge in [-0.15, -0.1) is 0 Å². The topological polar surface area (TPSA) is 102 Å². The summed E-state index contributed by atoms with van der Waals surface area (Å²) in [6.07, 6.45) is -0.270. The van der Waals surface area contributed by atoms with Gasteiger partial charge in [-0.05, 0) is 57.2 Å². The highest BCUT2D eigenvalue weighted by atomic mass is 32.2. The first-order valence-corrected chi connectivity index (χ1v) is 13.2. The predicted molar refractivity (Wildman–Crippen MR) is 126 cm³/mol. The number of hydrogen-bond acceptors (Lipinski definition) is 7. The molecule has 0 N–H and O–H groups in total. The standard InChI is InChI=1S/C24H36N2O7S/c1-15-9-16(2)12-26(11-15)34(29,30)22-10-20(7-8-21(22)31-6)24(28)33-19(5)23(27)25-13-17(3)32-18(4)14-25/h7-8,10,15-19H,9,11-14H2,1-6H3. The minimum Gasteiger partial charge on any atom is -0.495 e. The molecule has 2 aliphatic heterocycles. The fourth-order valence-electron chi connectivity index (χ4n) is 4.84. The molecule has 9 nitrogen and oxygen atoms in total. The number of hydrogen-bond donors (Lipinski definition) is 0. The van der Waals surface area contributed by atoms with Gasteiger partial charge < -0.3 is 19.1 Å². The first-order chi connectivity index (χ1) is 15.9. The lowest BCUT2D eigenvalue weighted by Crippen LogP contribution is -2.51. The number of piperidine rings is 1. The summed E-state index contributed by atoms with van der Waals surface area (Å²) in [4.78, 5) is 27.2. The van der Waals surface area contributed by atoms with E-state index in [1.54, 1.807) is 4.90 Å². The number of carbonyl (C=O) groups excluding carboxylic acids is 2. The maximum absolute atomic E-state index is 13.5. The average Bonchev–Trinajstić information content (AvgIpc) is 2.76. The Morgan fingerprint density at radius 1 is 1.03 bits per heavy atom. The SMILES string of the molecule is COc1ccc(C(=O)OC(C)C(=O)N2CC(C)OC(C)C2)cc1S(=O)(=O)N1CC(C)CC(C)C1. The van der Waals surface area contributed by atoms with Crippen molar-refractivity contribution in [2.45, 2.75) is 64.2 Å². The summed E-state index contributed by atoms with van der Waals surface area (Å²) >= 11 is 0. The molecule has 5 unspecified atom stereocenters. The van der Waals surface area contributed by atoms with Gasteiger partial charge in [0, 0.05) is 26.2 Å². The molecule has 0 saturated carbocycles. The number of morpholine rings is 1. The highest BCUT2D eigenvalue weighted by Gasteiger charge is 2.35. The van der Waals surface area contributed by atoms with E-state index in [1.165, 1.54) is 36.5 Å². The Bertz CT molecular complexity index is 993. The molecule has 190 valence electrons. The van der Waals surface area contributed by atoms with Gasteiger partial charge in [-0.2, -0.15) is 4.31 Å². The number of methoxy groups -OCH3 is 1. The Morgan fingerprint density at radius 2 is 1.62 bits per heavy atom. The number of rotatable bonds is 6. The summed E-state index contributed by atoms with van der Waals surface area (Å²) in [6, 6.07) is 4.16. The number of sulfonamides is 1. The van der Waals surface area contributed by atoms with Crippen molar-refractivity contribution in [1.29, 1.82) is 0 Å². The molecule has 1 aromatic rings. The van der Waals surface area contributed by atoms with Crippen LogP contribution < -0.4 is 4.74 Å². The summed E-state index contributed by atoms with van der Waals surface area (Å²) in [7, 11) is -2.50. The van der Waals surface area contributed by atoms with Crippen molar-refractivity contribution >= 4 is 21.9 Å². The molecule has 2 saturated heterocycles. The van der Waals surface area contributed by atoms with Gasteiger partial charge in [0.05, 0.1) is 24.9 Å². The molecule has 0 radical (unpaired) electrons. The van der Waals surface area contributed by atoms with Crippen molar-refractivity contribution in [3.63, 3.8) is 0 Å².